The standard InChI is InChI=1S/C14H27N5O/c1-7-9-15-12-16-13(19(6)11(5)8-2)18-14(17-12)20-10(3)4/h10-11H,7-9H2,1-6H3,(H,15,16,17,18). The average molecular weight is 281 g/mol. The molecule has 1 aromatic rings. The summed E-state index contributed by atoms with van der Waals surface area (Å²) in [5.74, 6) is 1.21. The number of nitrogens with one attached hydrogen (secondary N) is 1. The Labute approximate surface area is 122 Å². The van der Waals surface area contributed by atoms with Crippen molar-refractivity contribution >= 4 is 11.9 Å². The van der Waals surface area contributed by atoms with E-state index in [0.29, 0.717) is 23.9 Å². The Balaban J connectivity index is 3.01. The van der Waals surface area contributed by atoms with Crippen molar-refractivity contribution in [3.8, 4) is 6.01 Å². The molecule has 0 spiro atoms. The molecule has 6 nitrogen and oxygen atoms in total. The van der Waals surface area contributed by atoms with Crippen molar-refractivity contribution in [2.45, 2.75) is 59.6 Å². The summed E-state index contributed by atoms with van der Waals surface area (Å²) in [6.07, 6.45) is 2.08. The second-order valence-electron chi connectivity index (χ2n) is 5.20. The Morgan fingerprint density at radius 3 is 2.40 bits per heavy atom. The van der Waals surface area contributed by atoms with Crippen molar-refractivity contribution in [2.75, 3.05) is 23.8 Å². The van der Waals surface area contributed by atoms with Crippen molar-refractivity contribution in [1.29, 1.82) is 0 Å². The van der Waals surface area contributed by atoms with Gasteiger partial charge in [-0.2, -0.15) is 15.0 Å². The molecule has 0 aliphatic rings. The van der Waals surface area contributed by atoms with E-state index in [4.69, 9.17) is 4.74 Å². The van der Waals surface area contributed by atoms with Gasteiger partial charge >= 0.3 is 6.01 Å². The maximum Gasteiger partial charge on any atom is 0.323 e. The van der Waals surface area contributed by atoms with Crippen LogP contribution in [0.4, 0.5) is 11.9 Å². The Morgan fingerprint density at radius 2 is 1.85 bits per heavy atom. The van der Waals surface area contributed by atoms with Gasteiger partial charge in [0, 0.05) is 19.6 Å². The van der Waals surface area contributed by atoms with Crippen molar-refractivity contribution in [3.63, 3.8) is 0 Å². The SMILES string of the molecule is CCCNc1nc(OC(C)C)nc(N(C)C(C)CC)n1. The van der Waals surface area contributed by atoms with Gasteiger partial charge in [0.15, 0.2) is 0 Å². The first-order chi connectivity index (χ1) is 9.47. The maximum absolute atomic E-state index is 5.61. The lowest BCUT2D eigenvalue weighted by Gasteiger charge is -2.24. The van der Waals surface area contributed by atoms with Gasteiger partial charge in [-0.15, -0.1) is 0 Å². The highest BCUT2D eigenvalue weighted by Gasteiger charge is 2.15. The predicted octanol–water partition coefficient (Wildman–Crippen LogP) is 2.72. The monoisotopic (exact) mass is 281 g/mol. The highest BCUT2D eigenvalue weighted by Crippen LogP contribution is 2.17. The molecule has 1 unspecified atom stereocenters. The molecule has 0 amide bonds. The lowest BCUT2D eigenvalue weighted by molar-refractivity contribution is 0.222. The first-order valence-corrected chi connectivity index (χ1v) is 7.37. The van der Waals surface area contributed by atoms with Crippen LogP contribution in [0.2, 0.25) is 0 Å². The number of ether oxygens (including phenoxy) is 1. The van der Waals surface area contributed by atoms with Crippen LogP contribution in [-0.2, 0) is 0 Å². The number of rotatable bonds is 8. The van der Waals surface area contributed by atoms with E-state index in [1.807, 2.05) is 25.8 Å². The van der Waals surface area contributed by atoms with Gasteiger partial charge in [-0.25, -0.2) is 0 Å². The second kappa shape index (κ2) is 7.87. The zero-order valence-electron chi connectivity index (χ0n) is 13.5. The van der Waals surface area contributed by atoms with Gasteiger partial charge < -0.3 is 15.0 Å². The lowest BCUT2D eigenvalue weighted by Crippen LogP contribution is -2.30. The smallest absolute Gasteiger partial charge is 0.323 e. The van der Waals surface area contributed by atoms with Gasteiger partial charge in [-0.1, -0.05) is 13.8 Å². The van der Waals surface area contributed by atoms with E-state index >= 15 is 0 Å². The van der Waals surface area contributed by atoms with Crippen LogP contribution in [0.15, 0.2) is 0 Å². The van der Waals surface area contributed by atoms with Crippen molar-refractivity contribution < 1.29 is 4.74 Å². The first kappa shape index (κ1) is 16.5. The molecule has 114 valence electrons. The van der Waals surface area contributed by atoms with Crippen LogP contribution < -0.4 is 15.0 Å². The zero-order valence-corrected chi connectivity index (χ0v) is 13.5. The molecule has 0 saturated heterocycles. The lowest BCUT2D eigenvalue weighted by atomic mass is 10.2. The topological polar surface area (TPSA) is 63.2 Å². The summed E-state index contributed by atoms with van der Waals surface area (Å²) in [7, 11) is 1.99. The molecular formula is C14H27N5O. The number of nitrogens with zero attached hydrogens (tertiary/aromatic N) is 4. The fraction of sp³-hybridized carbons (Fsp3) is 0.786. The molecule has 1 rings (SSSR count). The van der Waals surface area contributed by atoms with Crippen molar-refractivity contribution in [2.24, 2.45) is 0 Å². The van der Waals surface area contributed by atoms with E-state index in [-0.39, 0.29) is 6.10 Å². The van der Waals surface area contributed by atoms with Crippen LogP contribution in [-0.4, -0.2) is 40.7 Å². The minimum absolute atomic E-state index is 0.0400. The number of anilines is 2. The van der Waals surface area contributed by atoms with E-state index in [2.05, 4.69) is 41.0 Å². The van der Waals surface area contributed by atoms with Crippen LogP contribution in [0.1, 0.15) is 47.5 Å². The zero-order chi connectivity index (χ0) is 15.1. The third-order valence-corrected chi connectivity index (χ3v) is 3.04. The van der Waals surface area contributed by atoms with Gasteiger partial charge in [0.1, 0.15) is 0 Å². The van der Waals surface area contributed by atoms with E-state index < -0.39 is 0 Å². The van der Waals surface area contributed by atoms with Crippen molar-refractivity contribution in [1.82, 2.24) is 15.0 Å². The maximum atomic E-state index is 5.61. The average Bonchev–Trinajstić information content (AvgIpc) is 2.42. The molecule has 1 N–H and O–H groups in total. The highest BCUT2D eigenvalue weighted by atomic mass is 16.5. The minimum atomic E-state index is 0.0400. The summed E-state index contributed by atoms with van der Waals surface area (Å²) in [6, 6.07) is 0.738. The van der Waals surface area contributed by atoms with E-state index in [1.165, 1.54) is 0 Å². The molecule has 0 fully saturated rings. The Kier molecular flexibility index (Phi) is 6.48. The third kappa shape index (κ3) is 4.83. The molecule has 0 bridgehead atoms. The number of hydrogen-bond acceptors (Lipinski definition) is 6. The molecule has 0 saturated carbocycles. The predicted molar refractivity (Wildman–Crippen MR) is 82.5 cm³/mol. The molecule has 0 aliphatic carbocycles. The number of aromatic nitrogens is 3. The van der Waals surface area contributed by atoms with Crippen LogP contribution >= 0.6 is 0 Å². The van der Waals surface area contributed by atoms with Crippen molar-refractivity contribution in [3.05, 3.63) is 0 Å². The van der Waals surface area contributed by atoms with Gasteiger partial charge in [0.05, 0.1) is 6.10 Å². The van der Waals surface area contributed by atoms with E-state index in [0.717, 1.165) is 19.4 Å². The molecule has 0 aromatic carbocycles. The molecule has 1 atom stereocenters. The quantitative estimate of drug-likeness (QED) is 0.790. The summed E-state index contributed by atoms with van der Waals surface area (Å²) in [6.45, 7) is 11.1. The molecule has 0 aliphatic heterocycles. The molecule has 1 aromatic heterocycles. The molecule has 20 heavy (non-hydrogen) atoms. The molecular weight excluding hydrogens is 254 g/mol. The normalized spacial score (nSPS) is 12.3. The minimum Gasteiger partial charge on any atom is -0.461 e. The van der Waals surface area contributed by atoms with Crippen LogP contribution in [0, 0.1) is 0 Å². The fourth-order valence-electron chi connectivity index (χ4n) is 1.55. The third-order valence-electron chi connectivity index (χ3n) is 3.04. The second-order valence-corrected chi connectivity index (χ2v) is 5.20. The van der Waals surface area contributed by atoms with Gasteiger partial charge in [-0.3, -0.25) is 0 Å². The molecule has 0 radical (unpaired) electrons. The summed E-state index contributed by atoms with van der Waals surface area (Å²) < 4.78 is 5.61. The Bertz CT molecular complexity index is 411. The summed E-state index contributed by atoms with van der Waals surface area (Å²) in [5, 5.41) is 3.19. The summed E-state index contributed by atoms with van der Waals surface area (Å²) in [4.78, 5) is 15.2. The largest absolute Gasteiger partial charge is 0.461 e. The molecule has 1 heterocycles. The van der Waals surface area contributed by atoms with E-state index in [9.17, 15) is 0 Å². The van der Waals surface area contributed by atoms with Crippen LogP contribution in [0.25, 0.3) is 0 Å². The summed E-state index contributed by atoms with van der Waals surface area (Å²) in [5.41, 5.74) is 0. The van der Waals surface area contributed by atoms with E-state index in [1.54, 1.807) is 0 Å². The molecule has 6 heteroatoms. The Morgan fingerprint density at radius 1 is 1.15 bits per heavy atom. The van der Waals surface area contributed by atoms with Crippen LogP contribution in [0.3, 0.4) is 0 Å². The number of hydrogen-bond donors (Lipinski definition) is 1. The van der Waals surface area contributed by atoms with Crippen LogP contribution in [0.5, 0.6) is 6.01 Å². The first-order valence-electron chi connectivity index (χ1n) is 7.37. The van der Waals surface area contributed by atoms with Gasteiger partial charge in [-0.05, 0) is 33.6 Å². The fourth-order valence-corrected chi connectivity index (χ4v) is 1.55. The highest BCUT2D eigenvalue weighted by molar-refractivity contribution is 5.38. The summed E-state index contributed by atoms with van der Waals surface area (Å²) >= 11 is 0. The van der Waals surface area contributed by atoms with Gasteiger partial charge in [0.25, 0.3) is 0 Å². The van der Waals surface area contributed by atoms with Gasteiger partial charge in [0.2, 0.25) is 11.9 Å². The Hall–Kier alpha value is -1.59.